The van der Waals surface area contributed by atoms with Gasteiger partial charge in [0, 0.05) is 12.8 Å². The van der Waals surface area contributed by atoms with Crippen molar-refractivity contribution in [2.45, 2.75) is 328 Å². The number of phosphoric acid groups is 1. The summed E-state index contributed by atoms with van der Waals surface area (Å²) in [5, 5.41) is 0. The van der Waals surface area contributed by atoms with Gasteiger partial charge in [0.25, 0.3) is 7.82 Å². The molecule has 0 aromatic carbocycles. The van der Waals surface area contributed by atoms with E-state index in [1.807, 2.05) is 21.1 Å². The molecule has 0 aliphatic heterocycles. The number of esters is 2. The minimum Gasteiger partial charge on any atom is -0.756 e. The number of nitrogens with zero attached hydrogens (tertiary/aromatic N) is 1. The molecule has 74 heavy (non-hydrogen) atoms. The number of allylic oxidation sites excluding steroid dienone is 4. The number of rotatable bonds is 60. The van der Waals surface area contributed by atoms with Gasteiger partial charge in [-0.1, -0.05) is 269 Å². The van der Waals surface area contributed by atoms with Crippen LogP contribution in [0.4, 0.5) is 0 Å². The van der Waals surface area contributed by atoms with Crippen LogP contribution in [0.3, 0.4) is 0 Å². The second-order valence-corrected chi connectivity index (χ2v) is 24.5. The Kier molecular flexibility index (Phi) is 55.1. The Bertz CT molecular complexity index is 1300. The average molecular weight is 1070 g/mol. The average Bonchev–Trinajstić information content (AvgIpc) is 3.36. The number of carbonyl (C=O) groups excluding carboxylic acids is 2. The second kappa shape index (κ2) is 56.2. The Morgan fingerprint density at radius 2 is 0.689 bits per heavy atom. The molecule has 0 heterocycles. The molecule has 0 aliphatic rings. The molecule has 438 valence electrons. The lowest BCUT2D eigenvalue weighted by Gasteiger charge is -2.28. The minimum absolute atomic E-state index is 0.0292. The SMILES string of the molecule is CCCCCCCC/C=C\CCCCCCCC(=O)OCC(COP(=O)([O-])OCC[N+](C)(C)C)OC(=O)CCCCCCCCCCCCCCCCCCCCCCCCC/C=C\CCCCCCCCCC. The van der Waals surface area contributed by atoms with Crippen LogP contribution in [0.15, 0.2) is 24.3 Å². The highest BCUT2D eigenvalue weighted by Gasteiger charge is 2.22. The lowest BCUT2D eigenvalue weighted by Crippen LogP contribution is -2.37. The van der Waals surface area contributed by atoms with Crippen molar-refractivity contribution < 1.29 is 42.1 Å². The number of unbranched alkanes of at least 4 members (excludes halogenated alkanes) is 42. The molecule has 0 rings (SSSR count). The van der Waals surface area contributed by atoms with Crippen molar-refractivity contribution in [3.05, 3.63) is 24.3 Å². The fourth-order valence-electron chi connectivity index (χ4n) is 9.47. The largest absolute Gasteiger partial charge is 0.756 e. The Labute approximate surface area is 459 Å². The van der Waals surface area contributed by atoms with E-state index in [1.165, 1.54) is 238 Å². The molecular weight excluding hydrogens is 942 g/mol. The van der Waals surface area contributed by atoms with Crippen molar-refractivity contribution in [3.8, 4) is 0 Å². The van der Waals surface area contributed by atoms with Crippen molar-refractivity contribution >= 4 is 19.8 Å². The highest BCUT2D eigenvalue weighted by molar-refractivity contribution is 7.45. The lowest BCUT2D eigenvalue weighted by atomic mass is 10.0. The number of carbonyl (C=O) groups is 2. The molecule has 9 nitrogen and oxygen atoms in total. The van der Waals surface area contributed by atoms with Crippen LogP contribution >= 0.6 is 7.82 Å². The van der Waals surface area contributed by atoms with Crippen molar-refractivity contribution in [3.63, 3.8) is 0 Å². The van der Waals surface area contributed by atoms with E-state index in [0.717, 1.165) is 51.4 Å². The molecule has 2 atom stereocenters. The molecule has 0 N–H and O–H groups in total. The molecule has 0 saturated heterocycles. The molecule has 0 aromatic rings. The molecule has 0 fully saturated rings. The predicted octanol–water partition coefficient (Wildman–Crippen LogP) is 19.5. The first kappa shape index (κ1) is 72.5. The maximum Gasteiger partial charge on any atom is 0.306 e. The highest BCUT2D eigenvalue weighted by atomic mass is 31.2. The van der Waals surface area contributed by atoms with Crippen molar-refractivity contribution in [1.29, 1.82) is 0 Å². The minimum atomic E-state index is -4.63. The van der Waals surface area contributed by atoms with E-state index >= 15 is 0 Å². The summed E-state index contributed by atoms with van der Waals surface area (Å²) in [7, 11) is 1.18. The van der Waals surface area contributed by atoms with Crippen LogP contribution in [0.1, 0.15) is 322 Å². The van der Waals surface area contributed by atoms with Gasteiger partial charge in [0.15, 0.2) is 6.10 Å². The molecular formula is C64H124NO8P. The Hall–Kier alpha value is -1.51. The topological polar surface area (TPSA) is 111 Å². The number of phosphoric ester groups is 1. The highest BCUT2D eigenvalue weighted by Crippen LogP contribution is 2.38. The first-order valence-corrected chi connectivity index (χ1v) is 33.5. The fraction of sp³-hybridized carbons (Fsp3) is 0.906. The third-order valence-corrected chi connectivity index (χ3v) is 15.4. The number of quaternary nitrogens is 1. The number of hydrogen-bond acceptors (Lipinski definition) is 8. The molecule has 0 spiro atoms. The summed E-state index contributed by atoms with van der Waals surface area (Å²) in [4.78, 5) is 37.9. The third kappa shape index (κ3) is 59.7. The summed E-state index contributed by atoms with van der Waals surface area (Å²) in [5.74, 6) is -0.827. The number of hydrogen-bond donors (Lipinski definition) is 0. The predicted molar refractivity (Wildman–Crippen MR) is 314 cm³/mol. The summed E-state index contributed by atoms with van der Waals surface area (Å²) in [6.07, 6.45) is 68.3. The maximum atomic E-state index is 12.8. The number of likely N-dealkylation sites (N-methyl/N-ethyl adjacent to an activating group) is 1. The van der Waals surface area contributed by atoms with Crippen LogP contribution < -0.4 is 4.89 Å². The Morgan fingerprint density at radius 3 is 1.00 bits per heavy atom. The van der Waals surface area contributed by atoms with Gasteiger partial charge >= 0.3 is 11.9 Å². The van der Waals surface area contributed by atoms with Gasteiger partial charge in [-0.3, -0.25) is 14.2 Å². The van der Waals surface area contributed by atoms with Gasteiger partial charge in [0.1, 0.15) is 19.8 Å². The Morgan fingerprint density at radius 1 is 0.405 bits per heavy atom. The van der Waals surface area contributed by atoms with Crippen molar-refractivity contribution in [1.82, 2.24) is 0 Å². The molecule has 10 heteroatoms. The van der Waals surface area contributed by atoms with Gasteiger partial charge in [-0.25, -0.2) is 0 Å². The molecule has 0 bridgehead atoms. The van der Waals surface area contributed by atoms with E-state index in [4.69, 9.17) is 18.5 Å². The van der Waals surface area contributed by atoms with E-state index in [1.54, 1.807) is 0 Å². The number of ether oxygens (including phenoxy) is 2. The van der Waals surface area contributed by atoms with Gasteiger partial charge in [-0.2, -0.15) is 0 Å². The zero-order chi connectivity index (χ0) is 54.2. The van der Waals surface area contributed by atoms with Gasteiger partial charge in [0.2, 0.25) is 0 Å². The summed E-state index contributed by atoms with van der Waals surface area (Å²) in [5.41, 5.74) is 0. The van der Waals surface area contributed by atoms with E-state index in [2.05, 4.69) is 38.2 Å². The van der Waals surface area contributed by atoms with Gasteiger partial charge in [-0.05, 0) is 64.2 Å². The fourth-order valence-corrected chi connectivity index (χ4v) is 10.2. The van der Waals surface area contributed by atoms with Crippen LogP contribution in [0, 0.1) is 0 Å². The van der Waals surface area contributed by atoms with Crippen LogP contribution in [0.2, 0.25) is 0 Å². The van der Waals surface area contributed by atoms with Crippen LogP contribution in [0.5, 0.6) is 0 Å². The summed E-state index contributed by atoms with van der Waals surface area (Å²) in [6, 6.07) is 0. The zero-order valence-electron chi connectivity index (χ0n) is 49.8. The first-order valence-electron chi connectivity index (χ1n) is 32.0. The van der Waals surface area contributed by atoms with E-state index in [9.17, 15) is 19.0 Å². The summed E-state index contributed by atoms with van der Waals surface area (Å²) >= 11 is 0. The summed E-state index contributed by atoms with van der Waals surface area (Å²) < 4.78 is 34.2. The molecule has 0 saturated carbocycles. The quantitative estimate of drug-likeness (QED) is 0.0195. The van der Waals surface area contributed by atoms with Crippen LogP contribution in [-0.4, -0.2) is 70.0 Å². The van der Waals surface area contributed by atoms with Crippen molar-refractivity contribution in [2.24, 2.45) is 0 Å². The van der Waals surface area contributed by atoms with Crippen molar-refractivity contribution in [2.75, 3.05) is 47.5 Å². The maximum absolute atomic E-state index is 12.8. The second-order valence-electron chi connectivity index (χ2n) is 23.1. The van der Waals surface area contributed by atoms with E-state index in [-0.39, 0.29) is 32.0 Å². The third-order valence-electron chi connectivity index (χ3n) is 14.4. The van der Waals surface area contributed by atoms with E-state index < -0.39 is 26.5 Å². The molecule has 0 aromatic heterocycles. The first-order chi connectivity index (χ1) is 36.0. The Balaban J connectivity index is 3.94. The lowest BCUT2D eigenvalue weighted by molar-refractivity contribution is -0.870. The van der Waals surface area contributed by atoms with E-state index in [0.29, 0.717) is 17.4 Å². The normalized spacial score (nSPS) is 13.3. The van der Waals surface area contributed by atoms with Gasteiger partial charge < -0.3 is 27.9 Å². The molecule has 0 aliphatic carbocycles. The zero-order valence-corrected chi connectivity index (χ0v) is 50.7. The molecule has 0 radical (unpaired) electrons. The summed E-state index contributed by atoms with van der Waals surface area (Å²) in [6.45, 7) is 4.27. The smallest absolute Gasteiger partial charge is 0.306 e. The van der Waals surface area contributed by atoms with Gasteiger partial charge in [0.05, 0.1) is 27.7 Å². The van der Waals surface area contributed by atoms with Gasteiger partial charge in [-0.15, -0.1) is 0 Å². The molecule has 2 unspecified atom stereocenters. The monoisotopic (exact) mass is 1070 g/mol. The standard InChI is InChI=1S/C64H124NO8P/c1-6-8-10-12-14-16-18-20-22-23-24-25-26-27-28-29-30-31-32-33-34-35-36-37-38-39-40-41-43-45-47-49-51-53-55-57-64(67)73-62(61-72-74(68,69)71-59-58-65(3,4)5)60-70-63(66)56-54-52-50-48-46-44-42-21-19-17-15-13-11-9-7-2/h21,23-24,42,62H,6-20,22,25-41,43-61H2,1-5H3/b24-23-,42-21-. The van der Waals surface area contributed by atoms with Crippen LogP contribution in [0.25, 0.3) is 0 Å². The molecule has 0 amide bonds. The van der Waals surface area contributed by atoms with Crippen LogP contribution in [-0.2, 0) is 32.7 Å².